The summed E-state index contributed by atoms with van der Waals surface area (Å²) in [6, 6.07) is 9.78. The van der Waals surface area contributed by atoms with Crippen LogP contribution >= 0.6 is 0 Å². The molecule has 0 radical (unpaired) electrons. The van der Waals surface area contributed by atoms with Crippen LogP contribution in [0.5, 0.6) is 0 Å². The molecule has 2 aromatic rings. The van der Waals surface area contributed by atoms with Crippen LogP contribution in [0.2, 0.25) is 0 Å². The van der Waals surface area contributed by atoms with Gasteiger partial charge in [0.05, 0.1) is 18.3 Å². The van der Waals surface area contributed by atoms with Gasteiger partial charge in [0.15, 0.2) is 0 Å². The highest BCUT2D eigenvalue weighted by atomic mass is 16.2. The number of likely N-dealkylation sites (tertiary alicyclic amines) is 1. The van der Waals surface area contributed by atoms with Crippen LogP contribution in [0.1, 0.15) is 61.3 Å². The molecule has 0 spiro atoms. The standard InChI is InChI=1S/C23H28N4O3/c1-16(28)26-14-12-18-19(15-26)24-22(25-23(18)30)20-9-5-6-13-27(20)21(29)11-10-17-7-3-2-4-8-17/h2-4,7-8,20H,5-6,9-15H2,1H3,(H,24,25,30)/t20-/m0/s1. The fraction of sp³-hybridized carbons (Fsp3) is 0.478. The summed E-state index contributed by atoms with van der Waals surface area (Å²) in [6.45, 7) is 3.11. The van der Waals surface area contributed by atoms with E-state index in [0.717, 1.165) is 24.8 Å². The van der Waals surface area contributed by atoms with Gasteiger partial charge in [0.25, 0.3) is 5.56 Å². The van der Waals surface area contributed by atoms with Gasteiger partial charge >= 0.3 is 0 Å². The molecule has 1 N–H and O–H groups in total. The van der Waals surface area contributed by atoms with Gasteiger partial charge in [-0.1, -0.05) is 30.3 Å². The normalized spacial score (nSPS) is 18.8. The van der Waals surface area contributed by atoms with Crippen LogP contribution in [0.15, 0.2) is 35.1 Å². The van der Waals surface area contributed by atoms with Gasteiger partial charge < -0.3 is 14.8 Å². The molecule has 0 saturated carbocycles. The zero-order chi connectivity index (χ0) is 21.1. The number of fused-ring (bicyclic) bond motifs is 1. The summed E-state index contributed by atoms with van der Waals surface area (Å²) >= 11 is 0. The van der Waals surface area contributed by atoms with Crippen molar-refractivity contribution in [3.05, 3.63) is 63.3 Å². The van der Waals surface area contributed by atoms with E-state index in [9.17, 15) is 14.4 Å². The minimum atomic E-state index is -0.215. The summed E-state index contributed by atoms with van der Waals surface area (Å²) in [4.78, 5) is 48.8. The molecule has 7 nitrogen and oxygen atoms in total. The second-order valence-corrected chi connectivity index (χ2v) is 8.15. The van der Waals surface area contributed by atoms with Crippen LogP contribution in [0, 0.1) is 0 Å². The average molecular weight is 409 g/mol. The summed E-state index contributed by atoms with van der Waals surface area (Å²) in [5.74, 6) is 0.630. The van der Waals surface area contributed by atoms with E-state index in [1.807, 2.05) is 35.2 Å². The van der Waals surface area contributed by atoms with Gasteiger partial charge in [-0.3, -0.25) is 14.4 Å². The van der Waals surface area contributed by atoms with E-state index in [4.69, 9.17) is 4.98 Å². The number of carbonyl (C=O) groups excluding carboxylic acids is 2. The van der Waals surface area contributed by atoms with E-state index in [2.05, 4.69) is 4.98 Å². The molecule has 2 aliphatic rings. The van der Waals surface area contributed by atoms with Crippen LogP contribution < -0.4 is 5.56 Å². The Morgan fingerprint density at radius 1 is 1.17 bits per heavy atom. The van der Waals surface area contributed by atoms with Crippen molar-refractivity contribution in [2.45, 2.75) is 58.0 Å². The van der Waals surface area contributed by atoms with Crippen LogP contribution in [0.4, 0.5) is 0 Å². The average Bonchev–Trinajstić information content (AvgIpc) is 2.77. The number of aryl methyl sites for hydroxylation is 1. The minimum Gasteiger partial charge on any atom is -0.337 e. The molecule has 0 unspecified atom stereocenters. The van der Waals surface area contributed by atoms with Crippen molar-refractivity contribution < 1.29 is 9.59 Å². The summed E-state index contributed by atoms with van der Waals surface area (Å²) < 4.78 is 0. The van der Waals surface area contributed by atoms with Crippen molar-refractivity contribution in [2.24, 2.45) is 0 Å². The molecule has 1 aromatic carbocycles. The second kappa shape index (κ2) is 8.81. The zero-order valence-corrected chi connectivity index (χ0v) is 17.4. The SMILES string of the molecule is CC(=O)N1CCc2c(nc([C@@H]3CCCCN3C(=O)CCc3ccccc3)[nH]c2=O)C1. The Labute approximate surface area is 176 Å². The summed E-state index contributed by atoms with van der Waals surface area (Å²) in [5.41, 5.74) is 2.33. The van der Waals surface area contributed by atoms with Crippen molar-refractivity contribution >= 4 is 11.8 Å². The van der Waals surface area contributed by atoms with E-state index in [0.29, 0.717) is 56.0 Å². The van der Waals surface area contributed by atoms with Crippen molar-refractivity contribution in [3.8, 4) is 0 Å². The fourth-order valence-corrected chi connectivity index (χ4v) is 4.44. The van der Waals surface area contributed by atoms with Gasteiger partial charge in [-0.05, 0) is 37.7 Å². The number of piperidine rings is 1. The fourth-order valence-electron chi connectivity index (χ4n) is 4.44. The Hall–Kier alpha value is -2.96. The molecular weight excluding hydrogens is 380 g/mol. The number of amides is 2. The van der Waals surface area contributed by atoms with Gasteiger partial charge in [0, 0.05) is 32.0 Å². The number of hydrogen-bond donors (Lipinski definition) is 1. The van der Waals surface area contributed by atoms with E-state index in [-0.39, 0.29) is 23.4 Å². The summed E-state index contributed by atoms with van der Waals surface area (Å²) in [5, 5.41) is 0. The molecule has 0 aliphatic carbocycles. The number of aromatic amines is 1. The molecule has 1 fully saturated rings. The maximum absolute atomic E-state index is 13.0. The number of nitrogens with one attached hydrogen (secondary N) is 1. The van der Waals surface area contributed by atoms with Gasteiger partial charge in [-0.2, -0.15) is 0 Å². The van der Waals surface area contributed by atoms with Crippen molar-refractivity contribution in [2.75, 3.05) is 13.1 Å². The number of aromatic nitrogens is 2. The molecule has 7 heteroatoms. The monoisotopic (exact) mass is 408 g/mol. The molecule has 2 amide bonds. The van der Waals surface area contributed by atoms with E-state index >= 15 is 0 Å². The topological polar surface area (TPSA) is 86.4 Å². The maximum atomic E-state index is 13.0. The molecule has 158 valence electrons. The van der Waals surface area contributed by atoms with Crippen LogP contribution in [-0.2, 0) is 29.0 Å². The van der Waals surface area contributed by atoms with Gasteiger partial charge in [-0.15, -0.1) is 0 Å². The Morgan fingerprint density at radius 2 is 1.97 bits per heavy atom. The smallest absolute Gasteiger partial charge is 0.254 e. The zero-order valence-electron chi connectivity index (χ0n) is 17.4. The molecule has 1 atom stereocenters. The first-order valence-electron chi connectivity index (χ1n) is 10.7. The van der Waals surface area contributed by atoms with Crippen molar-refractivity contribution in [1.82, 2.24) is 19.8 Å². The van der Waals surface area contributed by atoms with Gasteiger partial charge in [0.2, 0.25) is 11.8 Å². The molecule has 1 saturated heterocycles. The molecule has 1 aromatic heterocycles. The van der Waals surface area contributed by atoms with E-state index in [1.54, 1.807) is 4.90 Å². The Kier molecular flexibility index (Phi) is 5.97. The summed E-state index contributed by atoms with van der Waals surface area (Å²) in [7, 11) is 0. The lowest BCUT2D eigenvalue weighted by Gasteiger charge is -2.36. The lowest BCUT2D eigenvalue weighted by atomic mass is 9.99. The van der Waals surface area contributed by atoms with Crippen molar-refractivity contribution in [1.29, 1.82) is 0 Å². The largest absolute Gasteiger partial charge is 0.337 e. The van der Waals surface area contributed by atoms with E-state index < -0.39 is 0 Å². The Morgan fingerprint density at radius 3 is 2.73 bits per heavy atom. The molecule has 0 bridgehead atoms. The van der Waals surface area contributed by atoms with E-state index in [1.165, 1.54) is 6.92 Å². The Bertz CT molecular complexity index is 986. The lowest BCUT2D eigenvalue weighted by molar-refractivity contribution is -0.135. The third kappa shape index (κ3) is 4.30. The number of carbonyl (C=O) groups is 2. The summed E-state index contributed by atoms with van der Waals surface area (Å²) in [6.07, 6.45) is 4.39. The quantitative estimate of drug-likeness (QED) is 0.841. The number of nitrogens with zero attached hydrogens (tertiary/aromatic N) is 3. The highest BCUT2D eigenvalue weighted by Crippen LogP contribution is 2.30. The minimum absolute atomic E-state index is 0.0142. The number of rotatable bonds is 4. The molecular formula is C23H28N4O3. The van der Waals surface area contributed by atoms with Gasteiger partial charge in [-0.25, -0.2) is 4.98 Å². The number of hydrogen-bond acceptors (Lipinski definition) is 4. The maximum Gasteiger partial charge on any atom is 0.254 e. The predicted octanol–water partition coefficient (Wildman–Crippen LogP) is 2.36. The molecule has 2 aliphatic heterocycles. The number of benzene rings is 1. The molecule has 30 heavy (non-hydrogen) atoms. The van der Waals surface area contributed by atoms with Crippen LogP contribution in [-0.4, -0.2) is 44.7 Å². The third-order valence-electron chi connectivity index (χ3n) is 6.15. The predicted molar refractivity (Wildman–Crippen MR) is 113 cm³/mol. The van der Waals surface area contributed by atoms with Gasteiger partial charge in [0.1, 0.15) is 5.82 Å². The Balaban J connectivity index is 1.54. The number of H-pyrrole nitrogens is 1. The molecule has 3 heterocycles. The highest BCUT2D eigenvalue weighted by molar-refractivity contribution is 5.77. The van der Waals surface area contributed by atoms with Crippen LogP contribution in [0.25, 0.3) is 0 Å². The highest BCUT2D eigenvalue weighted by Gasteiger charge is 2.31. The molecule has 4 rings (SSSR count). The first kappa shape index (κ1) is 20.3. The van der Waals surface area contributed by atoms with Crippen molar-refractivity contribution in [3.63, 3.8) is 0 Å². The third-order valence-corrected chi connectivity index (χ3v) is 6.15. The first-order valence-corrected chi connectivity index (χ1v) is 10.7. The second-order valence-electron chi connectivity index (χ2n) is 8.15. The lowest BCUT2D eigenvalue weighted by Crippen LogP contribution is -2.42. The first-order chi connectivity index (χ1) is 14.5. The van der Waals surface area contributed by atoms with Crippen LogP contribution in [0.3, 0.4) is 0 Å².